The van der Waals surface area contributed by atoms with E-state index in [0.717, 1.165) is 19.3 Å². The fourth-order valence-corrected chi connectivity index (χ4v) is 4.36. The van der Waals surface area contributed by atoms with Crippen molar-refractivity contribution in [1.82, 2.24) is 9.62 Å². The van der Waals surface area contributed by atoms with Crippen molar-refractivity contribution in [3.05, 3.63) is 75.7 Å². The maximum Gasteiger partial charge on any atom is 0.331 e. The number of benzene rings is 2. The highest BCUT2D eigenvalue weighted by Crippen LogP contribution is 2.22. The van der Waals surface area contributed by atoms with Crippen LogP contribution in [-0.2, 0) is 16.4 Å². The lowest BCUT2D eigenvalue weighted by Crippen LogP contribution is -2.46. The molecule has 0 aromatic heterocycles. The summed E-state index contributed by atoms with van der Waals surface area (Å²) in [5.41, 5.74) is 1.99. The standard InChI is InChI=1S/C22H25ClN2O3S/c1-17(15-19-7-9-21(23)10-8-19)29(27,28)24-22(26)25-13-11-20(12-14-25)16-18-5-3-2-4-6-18/h2-10,15,20H,11-14,16H2,1H3,(H,24,26). The van der Waals surface area contributed by atoms with Crippen molar-refractivity contribution in [3.63, 3.8) is 0 Å². The van der Waals surface area contributed by atoms with Crippen molar-refractivity contribution >= 4 is 33.7 Å². The number of nitrogens with zero attached hydrogens (tertiary/aromatic N) is 1. The Morgan fingerprint density at radius 1 is 1.10 bits per heavy atom. The third-order valence-electron chi connectivity index (χ3n) is 5.15. The van der Waals surface area contributed by atoms with Gasteiger partial charge in [0.25, 0.3) is 10.0 Å². The first-order valence-corrected chi connectivity index (χ1v) is 11.5. The van der Waals surface area contributed by atoms with E-state index in [2.05, 4.69) is 16.9 Å². The SMILES string of the molecule is CC(=Cc1ccc(Cl)cc1)S(=O)(=O)NC(=O)N1CCC(Cc2ccccc2)CC1. The van der Waals surface area contributed by atoms with E-state index in [9.17, 15) is 13.2 Å². The topological polar surface area (TPSA) is 66.5 Å². The van der Waals surface area contributed by atoms with E-state index in [-0.39, 0.29) is 4.91 Å². The Bertz CT molecular complexity index is 965. The molecule has 0 aliphatic carbocycles. The first-order chi connectivity index (χ1) is 13.8. The van der Waals surface area contributed by atoms with Crippen LogP contribution in [0.25, 0.3) is 6.08 Å². The summed E-state index contributed by atoms with van der Waals surface area (Å²) in [6.45, 7) is 2.58. The largest absolute Gasteiger partial charge is 0.331 e. The molecule has 1 fully saturated rings. The van der Waals surface area contributed by atoms with E-state index < -0.39 is 16.1 Å². The fraction of sp³-hybridized carbons (Fsp3) is 0.318. The molecule has 0 unspecified atom stereocenters. The van der Waals surface area contributed by atoms with Crippen molar-refractivity contribution in [1.29, 1.82) is 0 Å². The van der Waals surface area contributed by atoms with Gasteiger partial charge < -0.3 is 4.90 Å². The van der Waals surface area contributed by atoms with E-state index in [1.807, 2.05) is 18.2 Å². The number of amides is 2. The molecule has 2 aromatic rings. The quantitative estimate of drug-likeness (QED) is 0.744. The number of hydrogen-bond acceptors (Lipinski definition) is 3. The Morgan fingerprint density at radius 2 is 1.72 bits per heavy atom. The Labute approximate surface area is 177 Å². The summed E-state index contributed by atoms with van der Waals surface area (Å²) < 4.78 is 27.2. The third kappa shape index (κ3) is 6.08. The van der Waals surface area contributed by atoms with Gasteiger partial charge >= 0.3 is 6.03 Å². The van der Waals surface area contributed by atoms with E-state index in [0.29, 0.717) is 29.6 Å². The minimum Gasteiger partial charge on any atom is -0.324 e. The number of piperidine rings is 1. The maximum absolute atomic E-state index is 12.5. The molecular formula is C22H25ClN2O3S. The van der Waals surface area contributed by atoms with Gasteiger partial charge in [0.15, 0.2) is 0 Å². The number of carbonyl (C=O) groups is 1. The van der Waals surface area contributed by atoms with E-state index >= 15 is 0 Å². The molecule has 1 aliphatic heterocycles. The van der Waals surface area contributed by atoms with Gasteiger partial charge in [-0.2, -0.15) is 0 Å². The summed E-state index contributed by atoms with van der Waals surface area (Å²) in [6, 6.07) is 16.5. The maximum atomic E-state index is 12.5. The van der Waals surface area contributed by atoms with Crippen molar-refractivity contribution in [2.45, 2.75) is 26.2 Å². The van der Waals surface area contributed by atoms with Crippen LogP contribution in [-0.4, -0.2) is 32.4 Å². The highest BCUT2D eigenvalue weighted by atomic mass is 35.5. The van der Waals surface area contributed by atoms with Crippen LogP contribution in [0, 0.1) is 5.92 Å². The Hall–Kier alpha value is -2.31. The number of rotatable bonds is 5. The molecule has 0 atom stereocenters. The molecule has 2 aromatic carbocycles. The number of likely N-dealkylation sites (tertiary alicyclic amines) is 1. The number of carbonyl (C=O) groups excluding carboxylic acids is 1. The zero-order valence-electron chi connectivity index (χ0n) is 16.3. The fourth-order valence-electron chi connectivity index (χ4n) is 3.42. The second-order valence-corrected chi connectivity index (χ2v) is 9.63. The van der Waals surface area contributed by atoms with Gasteiger partial charge in [-0.25, -0.2) is 17.9 Å². The molecule has 1 N–H and O–H groups in total. The second-order valence-electron chi connectivity index (χ2n) is 7.34. The predicted molar refractivity (Wildman–Crippen MR) is 117 cm³/mol. The van der Waals surface area contributed by atoms with Gasteiger partial charge in [0.1, 0.15) is 0 Å². The van der Waals surface area contributed by atoms with Crippen molar-refractivity contribution in [3.8, 4) is 0 Å². The van der Waals surface area contributed by atoms with Crippen LogP contribution in [0.15, 0.2) is 59.5 Å². The minimum atomic E-state index is -3.89. The molecule has 3 rings (SSSR count). The van der Waals surface area contributed by atoms with E-state index in [1.165, 1.54) is 18.6 Å². The highest BCUT2D eigenvalue weighted by molar-refractivity contribution is 7.94. The first-order valence-electron chi connectivity index (χ1n) is 9.63. The molecule has 7 heteroatoms. The average molecular weight is 433 g/mol. The molecule has 0 radical (unpaired) electrons. The Morgan fingerprint density at radius 3 is 2.34 bits per heavy atom. The number of sulfonamides is 1. The first kappa shape index (κ1) is 21.4. The van der Waals surface area contributed by atoms with E-state index in [4.69, 9.17) is 11.6 Å². The van der Waals surface area contributed by atoms with Gasteiger partial charge in [0.2, 0.25) is 0 Å². The summed E-state index contributed by atoms with van der Waals surface area (Å²) in [5.74, 6) is 0.504. The molecular weight excluding hydrogens is 408 g/mol. The molecule has 0 bridgehead atoms. The molecule has 0 saturated carbocycles. The predicted octanol–water partition coefficient (Wildman–Crippen LogP) is 4.69. The molecule has 1 saturated heterocycles. The van der Waals surface area contributed by atoms with Crippen LogP contribution in [0.4, 0.5) is 4.79 Å². The average Bonchev–Trinajstić information content (AvgIpc) is 2.70. The van der Waals surface area contributed by atoms with Gasteiger partial charge in [-0.05, 0) is 61.4 Å². The number of nitrogens with one attached hydrogen (secondary N) is 1. The molecule has 2 amide bonds. The van der Waals surface area contributed by atoms with Crippen LogP contribution < -0.4 is 4.72 Å². The molecule has 1 aliphatic rings. The number of allylic oxidation sites excluding steroid dienone is 1. The van der Waals surface area contributed by atoms with E-state index in [1.54, 1.807) is 29.2 Å². The minimum absolute atomic E-state index is 0.0761. The lowest BCUT2D eigenvalue weighted by molar-refractivity contribution is 0.175. The molecule has 29 heavy (non-hydrogen) atoms. The lowest BCUT2D eigenvalue weighted by Gasteiger charge is -2.32. The van der Waals surface area contributed by atoms with Gasteiger partial charge in [-0.15, -0.1) is 0 Å². The smallest absolute Gasteiger partial charge is 0.324 e. The summed E-state index contributed by atoms with van der Waals surface area (Å²) >= 11 is 5.85. The summed E-state index contributed by atoms with van der Waals surface area (Å²) in [6.07, 6.45) is 4.22. The van der Waals surface area contributed by atoms with Crippen LogP contribution in [0.1, 0.15) is 30.9 Å². The summed E-state index contributed by atoms with van der Waals surface area (Å²) in [4.78, 5) is 14.1. The van der Waals surface area contributed by atoms with Crippen molar-refractivity contribution in [2.24, 2.45) is 5.92 Å². The third-order valence-corrected chi connectivity index (χ3v) is 6.82. The normalized spacial score (nSPS) is 15.9. The Balaban J connectivity index is 1.55. The number of halogens is 1. The van der Waals surface area contributed by atoms with Gasteiger partial charge in [0.05, 0.1) is 4.91 Å². The van der Waals surface area contributed by atoms with Crippen molar-refractivity contribution < 1.29 is 13.2 Å². The number of urea groups is 1. The van der Waals surface area contributed by atoms with Gasteiger partial charge in [-0.1, -0.05) is 54.1 Å². The zero-order chi connectivity index (χ0) is 20.9. The van der Waals surface area contributed by atoms with Crippen LogP contribution in [0.2, 0.25) is 5.02 Å². The monoisotopic (exact) mass is 432 g/mol. The molecule has 0 spiro atoms. The lowest BCUT2D eigenvalue weighted by atomic mass is 9.90. The Kier molecular flexibility index (Phi) is 6.98. The molecule has 154 valence electrons. The van der Waals surface area contributed by atoms with Crippen LogP contribution in [0.3, 0.4) is 0 Å². The second kappa shape index (κ2) is 9.46. The van der Waals surface area contributed by atoms with Crippen LogP contribution >= 0.6 is 11.6 Å². The van der Waals surface area contributed by atoms with Gasteiger partial charge in [-0.3, -0.25) is 0 Å². The zero-order valence-corrected chi connectivity index (χ0v) is 17.9. The molecule has 5 nitrogen and oxygen atoms in total. The summed E-state index contributed by atoms with van der Waals surface area (Å²) in [7, 11) is -3.89. The summed E-state index contributed by atoms with van der Waals surface area (Å²) in [5, 5.41) is 0.576. The van der Waals surface area contributed by atoms with Crippen molar-refractivity contribution in [2.75, 3.05) is 13.1 Å². The van der Waals surface area contributed by atoms with Crippen LogP contribution in [0.5, 0.6) is 0 Å². The van der Waals surface area contributed by atoms with Gasteiger partial charge in [0, 0.05) is 18.1 Å². The highest BCUT2D eigenvalue weighted by Gasteiger charge is 2.26. The number of hydrogen-bond donors (Lipinski definition) is 1. The molecule has 1 heterocycles.